The molecule has 0 radical (unpaired) electrons. The number of amides is 1. The fraction of sp³-hybridized carbons (Fsp3) is 0.667. The van der Waals surface area contributed by atoms with E-state index in [9.17, 15) is 13.2 Å². The standard InChI is InChI=1S/C3H8N2O4S/c1-3(6)5(4-2)10(7,8)9/h4H,1-2H3,(H,7,8,9). The molecule has 7 heteroatoms. The van der Waals surface area contributed by atoms with Crippen LogP contribution >= 0.6 is 0 Å². The SMILES string of the molecule is CNN(C(C)=O)S(=O)(=O)O. The van der Waals surface area contributed by atoms with E-state index in [1.807, 2.05) is 5.43 Å². The minimum Gasteiger partial charge on any atom is -0.273 e. The summed E-state index contributed by atoms with van der Waals surface area (Å²) in [5, 5.41) is 0. The molecule has 0 aliphatic heterocycles. The van der Waals surface area contributed by atoms with Crippen LogP contribution in [0, 0.1) is 0 Å². The van der Waals surface area contributed by atoms with Crippen LogP contribution in [-0.4, -0.2) is 30.3 Å². The predicted octanol–water partition coefficient (Wildman–Crippen LogP) is -1.23. The van der Waals surface area contributed by atoms with Crippen LogP contribution in [0.3, 0.4) is 0 Å². The molecule has 0 rings (SSSR count). The molecule has 0 aromatic heterocycles. The van der Waals surface area contributed by atoms with Gasteiger partial charge in [0.1, 0.15) is 0 Å². The second-order valence-corrected chi connectivity index (χ2v) is 2.75. The first-order chi connectivity index (χ1) is 4.39. The molecular formula is C3H8N2O4S. The lowest BCUT2D eigenvalue weighted by Gasteiger charge is -2.13. The molecule has 0 heterocycles. The first-order valence-electron chi connectivity index (χ1n) is 2.35. The molecule has 0 unspecified atom stereocenters. The van der Waals surface area contributed by atoms with Crippen molar-refractivity contribution in [3.63, 3.8) is 0 Å². The molecule has 1 amide bonds. The molecule has 6 nitrogen and oxygen atoms in total. The number of rotatable bonds is 2. The molecule has 0 aliphatic rings. The maximum Gasteiger partial charge on any atom is 0.376 e. The van der Waals surface area contributed by atoms with Gasteiger partial charge in [-0.3, -0.25) is 9.35 Å². The molecule has 60 valence electrons. The highest BCUT2D eigenvalue weighted by Crippen LogP contribution is 1.90. The van der Waals surface area contributed by atoms with Gasteiger partial charge in [0.15, 0.2) is 0 Å². The van der Waals surface area contributed by atoms with E-state index in [1.165, 1.54) is 7.05 Å². The van der Waals surface area contributed by atoms with Crippen LogP contribution in [0.5, 0.6) is 0 Å². The van der Waals surface area contributed by atoms with Crippen LogP contribution in [0.25, 0.3) is 0 Å². The second-order valence-electron chi connectivity index (χ2n) is 1.48. The highest BCUT2D eigenvalue weighted by molar-refractivity contribution is 7.83. The van der Waals surface area contributed by atoms with Gasteiger partial charge in [-0.2, -0.15) is 8.42 Å². The van der Waals surface area contributed by atoms with Gasteiger partial charge in [0.25, 0.3) is 0 Å². The summed E-state index contributed by atoms with van der Waals surface area (Å²) in [7, 11) is -3.24. The van der Waals surface area contributed by atoms with Gasteiger partial charge in [-0.05, 0) is 0 Å². The Bertz CT molecular complexity index is 221. The summed E-state index contributed by atoms with van der Waals surface area (Å²) in [6.07, 6.45) is 0. The Balaban J connectivity index is 4.55. The van der Waals surface area contributed by atoms with Crippen LogP contribution in [0.1, 0.15) is 6.92 Å². The number of carbonyl (C=O) groups excluding carboxylic acids is 1. The van der Waals surface area contributed by atoms with Crippen LogP contribution in [0.4, 0.5) is 0 Å². The average molecular weight is 168 g/mol. The Morgan fingerprint density at radius 2 is 2.00 bits per heavy atom. The lowest BCUT2D eigenvalue weighted by Crippen LogP contribution is -2.43. The Labute approximate surface area is 58.7 Å². The van der Waals surface area contributed by atoms with Crippen molar-refractivity contribution in [1.29, 1.82) is 0 Å². The molecule has 0 saturated heterocycles. The van der Waals surface area contributed by atoms with Crippen molar-refractivity contribution in [2.24, 2.45) is 0 Å². The zero-order valence-corrected chi connectivity index (χ0v) is 6.34. The van der Waals surface area contributed by atoms with Crippen molar-refractivity contribution in [2.75, 3.05) is 7.05 Å². The van der Waals surface area contributed by atoms with Crippen molar-refractivity contribution in [1.82, 2.24) is 9.84 Å². The third-order valence-corrected chi connectivity index (χ3v) is 1.62. The van der Waals surface area contributed by atoms with Crippen molar-refractivity contribution in [3.8, 4) is 0 Å². The molecule has 0 bridgehead atoms. The lowest BCUT2D eigenvalue weighted by molar-refractivity contribution is -0.126. The van der Waals surface area contributed by atoms with Crippen LogP contribution in [-0.2, 0) is 15.1 Å². The van der Waals surface area contributed by atoms with Gasteiger partial charge >= 0.3 is 10.3 Å². The van der Waals surface area contributed by atoms with Crippen molar-refractivity contribution in [2.45, 2.75) is 6.92 Å². The van der Waals surface area contributed by atoms with Gasteiger partial charge in [-0.25, -0.2) is 5.43 Å². The van der Waals surface area contributed by atoms with Gasteiger partial charge in [0.05, 0.1) is 0 Å². The predicted molar refractivity (Wildman–Crippen MR) is 33.1 cm³/mol. The molecule has 10 heavy (non-hydrogen) atoms. The third kappa shape index (κ3) is 2.29. The quantitative estimate of drug-likeness (QED) is 0.398. The molecular weight excluding hydrogens is 160 g/mol. The minimum atomic E-state index is -4.44. The normalized spacial score (nSPS) is 11.1. The summed E-state index contributed by atoms with van der Waals surface area (Å²) in [6, 6.07) is 0. The van der Waals surface area contributed by atoms with Crippen molar-refractivity contribution in [3.05, 3.63) is 0 Å². The van der Waals surface area contributed by atoms with E-state index >= 15 is 0 Å². The van der Waals surface area contributed by atoms with Crippen LogP contribution < -0.4 is 5.43 Å². The van der Waals surface area contributed by atoms with Gasteiger partial charge in [0.2, 0.25) is 5.91 Å². The van der Waals surface area contributed by atoms with Gasteiger partial charge in [0, 0.05) is 14.0 Å². The highest BCUT2D eigenvalue weighted by Gasteiger charge is 2.19. The van der Waals surface area contributed by atoms with Gasteiger partial charge in [-0.1, -0.05) is 0 Å². The third-order valence-electron chi connectivity index (χ3n) is 0.720. The molecule has 0 fully saturated rings. The van der Waals surface area contributed by atoms with E-state index in [2.05, 4.69) is 0 Å². The number of nitrogens with one attached hydrogen (secondary N) is 1. The van der Waals surface area contributed by atoms with Crippen LogP contribution in [0.15, 0.2) is 0 Å². The van der Waals surface area contributed by atoms with E-state index in [4.69, 9.17) is 4.55 Å². The first kappa shape index (κ1) is 9.34. The largest absolute Gasteiger partial charge is 0.376 e. The topological polar surface area (TPSA) is 86.7 Å². The first-order valence-corrected chi connectivity index (χ1v) is 3.75. The fourth-order valence-electron chi connectivity index (χ4n) is 0.435. The van der Waals surface area contributed by atoms with Crippen molar-refractivity contribution < 1.29 is 17.8 Å². The summed E-state index contributed by atoms with van der Waals surface area (Å²) in [4.78, 5) is 10.3. The zero-order valence-electron chi connectivity index (χ0n) is 5.53. The highest BCUT2D eigenvalue weighted by atomic mass is 32.2. The summed E-state index contributed by atoms with van der Waals surface area (Å²) in [5.41, 5.74) is 1.99. The molecule has 0 saturated carbocycles. The Kier molecular flexibility index (Phi) is 2.76. The van der Waals surface area contributed by atoms with E-state index < -0.39 is 16.2 Å². The summed E-state index contributed by atoms with van der Waals surface area (Å²) >= 11 is 0. The zero-order chi connectivity index (χ0) is 8.36. The van der Waals surface area contributed by atoms with Gasteiger partial charge < -0.3 is 0 Å². The molecule has 0 atom stereocenters. The van der Waals surface area contributed by atoms with Crippen molar-refractivity contribution >= 4 is 16.2 Å². The summed E-state index contributed by atoms with van der Waals surface area (Å²) in [5.74, 6) is -0.801. The lowest BCUT2D eigenvalue weighted by atomic mass is 10.8. The number of hydrogen-bond donors (Lipinski definition) is 2. The fourth-order valence-corrected chi connectivity index (χ4v) is 0.991. The van der Waals surface area contributed by atoms with E-state index in [0.29, 0.717) is 0 Å². The van der Waals surface area contributed by atoms with Gasteiger partial charge in [-0.15, -0.1) is 4.41 Å². The number of carbonyl (C=O) groups is 1. The maximum atomic E-state index is 10.3. The summed E-state index contributed by atoms with van der Waals surface area (Å²) < 4.78 is 28.8. The molecule has 0 aromatic rings. The smallest absolute Gasteiger partial charge is 0.273 e. The maximum absolute atomic E-state index is 10.3. The second kappa shape index (κ2) is 2.95. The number of nitrogens with zero attached hydrogens (tertiary/aromatic N) is 1. The molecule has 2 N–H and O–H groups in total. The Morgan fingerprint density at radius 3 is 2.00 bits per heavy atom. The molecule has 0 aliphatic carbocycles. The van der Waals surface area contributed by atoms with E-state index in [1.54, 1.807) is 0 Å². The Hall–Kier alpha value is -0.660. The number of hydrazine groups is 1. The minimum absolute atomic E-state index is 0.118. The molecule has 0 spiro atoms. The number of hydrogen-bond acceptors (Lipinski definition) is 4. The monoisotopic (exact) mass is 168 g/mol. The molecule has 0 aromatic carbocycles. The Morgan fingerprint density at radius 1 is 1.60 bits per heavy atom. The van der Waals surface area contributed by atoms with E-state index in [-0.39, 0.29) is 4.41 Å². The van der Waals surface area contributed by atoms with Crippen LogP contribution in [0.2, 0.25) is 0 Å². The van der Waals surface area contributed by atoms with E-state index in [0.717, 1.165) is 6.92 Å². The average Bonchev–Trinajstić information content (AvgIpc) is 1.60. The summed E-state index contributed by atoms with van der Waals surface area (Å²) in [6.45, 7) is 1.00.